The van der Waals surface area contributed by atoms with Crippen molar-refractivity contribution in [2.75, 3.05) is 17.4 Å². The lowest BCUT2D eigenvalue weighted by Crippen LogP contribution is -2.15. The van der Waals surface area contributed by atoms with Gasteiger partial charge in [0.15, 0.2) is 17.2 Å². The molecule has 2 heterocycles. The van der Waals surface area contributed by atoms with Crippen molar-refractivity contribution in [3.05, 3.63) is 70.9 Å². The van der Waals surface area contributed by atoms with Crippen LogP contribution in [-0.2, 0) is 6.54 Å². The van der Waals surface area contributed by atoms with E-state index < -0.39 is 0 Å². The fraction of sp³-hybridized carbons (Fsp3) is 0.190. The number of ether oxygens (including phenoxy) is 2. The van der Waals surface area contributed by atoms with Gasteiger partial charge < -0.3 is 20.1 Å². The maximum atomic E-state index is 12.3. The van der Waals surface area contributed by atoms with Crippen LogP contribution in [0, 0.1) is 13.8 Å². The molecule has 1 amide bonds. The summed E-state index contributed by atoms with van der Waals surface area (Å²) in [6.45, 7) is 4.84. The van der Waals surface area contributed by atoms with E-state index in [1.807, 2.05) is 50.2 Å². The second-order valence-electron chi connectivity index (χ2n) is 6.60. The Hall–Kier alpha value is -3.61. The van der Waals surface area contributed by atoms with Gasteiger partial charge in [0.05, 0.1) is 0 Å². The standard InChI is InChI=1S/C21H20N4O3/c1-13-3-5-16(9-14(13)2)23-21(26)17-6-8-20(25-24-17)22-11-15-4-7-18-19(10-15)28-12-27-18/h3-10H,11-12H2,1-2H3,(H,22,25)(H,23,26). The average Bonchev–Trinajstić information content (AvgIpc) is 3.17. The van der Waals surface area contributed by atoms with Crippen LogP contribution in [-0.4, -0.2) is 22.9 Å². The number of fused-ring (bicyclic) bond motifs is 1. The Morgan fingerprint density at radius 1 is 0.964 bits per heavy atom. The molecule has 7 heteroatoms. The Balaban J connectivity index is 1.36. The summed E-state index contributed by atoms with van der Waals surface area (Å²) in [6.07, 6.45) is 0. The number of rotatable bonds is 5. The molecule has 0 radical (unpaired) electrons. The number of nitrogens with zero attached hydrogens (tertiary/aromatic N) is 2. The number of hydrogen-bond donors (Lipinski definition) is 2. The van der Waals surface area contributed by atoms with Gasteiger partial charge in [-0.05, 0) is 66.9 Å². The van der Waals surface area contributed by atoms with Gasteiger partial charge in [0.2, 0.25) is 6.79 Å². The number of aromatic nitrogens is 2. The Labute approximate surface area is 162 Å². The molecule has 0 aliphatic carbocycles. The summed E-state index contributed by atoms with van der Waals surface area (Å²) in [5.41, 5.74) is 4.32. The van der Waals surface area contributed by atoms with Gasteiger partial charge in [-0.3, -0.25) is 4.79 Å². The van der Waals surface area contributed by atoms with Crippen LogP contribution in [0.5, 0.6) is 11.5 Å². The molecule has 0 unspecified atom stereocenters. The SMILES string of the molecule is Cc1ccc(NC(=O)c2ccc(NCc3ccc4c(c3)OCO4)nn2)cc1C. The molecular weight excluding hydrogens is 356 g/mol. The highest BCUT2D eigenvalue weighted by atomic mass is 16.7. The summed E-state index contributed by atoms with van der Waals surface area (Å²) >= 11 is 0. The quantitative estimate of drug-likeness (QED) is 0.706. The fourth-order valence-electron chi connectivity index (χ4n) is 2.81. The molecule has 0 atom stereocenters. The lowest BCUT2D eigenvalue weighted by Gasteiger charge is -2.08. The first-order valence-corrected chi connectivity index (χ1v) is 8.93. The van der Waals surface area contributed by atoms with Crippen LogP contribution in [0.1, 0.15) is 27.2 Å². The number of aryl methyl sites for hydroxylation is 2. The molecule has 0 spiro atoms. The van der Waals surface area contributed by atoms with Gasteiger partial charge >= 0.3 is 0 Å². The maximum Gasteiger partial charge on any atom is 0.276 e. The Kier molecular flexibility index (Phi) is 4.80. The molecule has 4 rings (SSSR count). The van der Waals surface area contributed by atoms with Crippen molar-refractivity contribution in [3.63, 3.8) is 0 Å². The van der Waals surface area contributed by atoms with Crippen molar-refractivity contribution in [1.29, 1.82) is 0 Å². The average molecular weight is 376 g/mol. The van der Waals surface area contributed by atoms with E-state index >= 15 is 0 Å². The van der Waals surface area contributed by atoms with Crippen LogP contribution < -0.4 is 20.1 Å². The second-order valence-corrected chi connectivity index (χ2v) is 6.60. The number of anilines is 2. The summed E-state index contributed by atoms with van der Waals surface area (Å²) in [7, 11) is 0. The van der Waals surface area contributed by atoms with Crippen molar-refractivity contribution in [1.82, 2.24) is 10.2 Å². The highest BCUT2D eigenvalue weighted by Gasteiger charge is 2.13. The summed E-state index contributed by atoms with van der Waals surface area (Å²) in [5, 5.41) is 14.1. The number of amides is 1. The third-order valence-electron chi connectivity index (χ3n) is 4.57. The number of hydrogen-bond acceptors (Lipinski definition) is 6. The summed E-state index contributed by atoms with van der Waals surface area (Å²) in [6, 6.07) is 14.9. The lowest BCUT2D eigenvalue weighted by atomic mass is 10.1. The topological polar surface area (TPSA) is 85.4 Å². The van der Waals surface area contributed by atoms with Crippen LogP contribution in [0.25, 0.3) is 0 Å². The van der Waals surface area contributed by atoms with E-state index in [1.165, 1.54) is 5.56 Å². The van der Waals surface area contributed by atoms with Crippen molar-refractivity contribution >= 4 is 17.4 Å². The largest absolute Gasteiger partial charge is 0.454 e. The molecule has 0 bridgehead atoms. The van der Waals surface area contributed by atoms with Crippen molar-refractivity contribution in [3.8, 4) is 11.5 Å². The summed E-state index contributed by atoms with van der Waals surface area (Å²) < 4.78 is 10.7. The highest BCUT2D eigenvalue weighted by Crippen LogP contribution is 2.32. The van der Waals surface area contributed by atoms with Crippen molar-refractivity contribution in [2.24, 2.45) is 0 Å². The van der Waals surface area contributed by atoms with Gasteiger partial charge in [-0.25, -0.2) is 0 Å². The maximum absolute atomic E-state index is 12.3. The molecule has 0 saturated carbocycles. The highest BCUT2D eigenvalue weighted by molar-refractivity contribution is 6.02. The van der Waals surface area contributed by atoms with E-state index in [0.717, 1.165) is 28.3 Å². The Morgan fingerprint density at radius 2 is 1.82 bits per heavy atom. The third-order valence-corrected chi connectivity index (χ3v) is 4.57. The van der Waals surface area contributed by atoms with E-state index in [0.29, 0.717) is 12.4 Å². The lowest BCUT2D eigenvalue weighted by molar-refractivity contribution is 0.102. The Bertz CT molecular complexity index is 1020. The number of carbonyl (C=O) groups is 1. The molecule has 142 valence electrons. The summed E-state index contributed by atoms with van der Waals surface area (Å²) in [5.74, 6) is 1.78. The summed E-state index contributed by atoms with van der Waals surface area (Å²) in [4.78, 5) is 12.3. The van der Waals surface area contributed by atoms with Crippen LogP contribution in [0.3, 0.4) is 0 Å². The molecule has 2 aromatic carbocycles. The minimum atomic E-state index is -0.293. The molecule has 1 aliphatic heterocycles. The van der Waals surface area contributed by atoms with Gasteiger partial charge in [0, 0.05) is 12.2 Å². The van der Waals surface area contributed by atoms with E-state index in [-0.39, 0.29) is 18.4 Å². The predicted molar refractivity (Wildman–Crippen MR) is 106 cm³/mol. The molecule has 1 aromatic heterocycles. The molecule has 0 saturated heterocycles. The van der Waals surface area contributed by atoms with Crippen molar-refractivity contribution < 1.29 is 14.3 Å². The van der Waals surface area contributed by atoms with Crippen molar-refractivity contribution in [2.45, 2.75) is 20.4 Å². The van der Waals surface area contributed by atoms with E-state index in [1.54, 1.807) is 12.1 Å². The van der Waals surface area contributed by atoms with Gasteiger partial charge in [-0.15, -0.1) is 10.2 Å². The first-order chi connectivity index (χ1) is 13.6. The smallest absolute Gasteiger partial charge is 0.276 e. The van der Waals surface area contributed by atoms with Crippen LogP contribution >= 0.6 is 0 Å². The molecule has 3 aromatic rings. The minimum Gasteiger partial charge on any atom is -0.454 e. The third kappa shape index (κ3) is 3.88. The van der Waals surface area contributed by atoms with E-state index in [2.05, 4.69) is 20.8 Å². The van der Waals surface area contributed by atoms with Crippen LogP contribution in [0.15, 0.2) is 48.5 Å². The first kappa shape index (κ1) is 17.8. The zero-order valence-electron chi connectivity index (χ0n) is 15.7. The monoisotopic (exact) mass is 376 g/mol. The Morgan fingerprint density at radius 3 is 2.61 bits per heavy atom. The number of nitrogens with one attached hydrogen (secondary N) is 2. The van der Waals surface area contributed by atoms with Gasteiger partial charge in [0.1, 0.15) is 5.82 Å². The first-order valence-electron chi connectivity index (χ1n) is 8.93. The molecule has 2 N–H and O–H groups in total. The van der Waals surface area contributed by atoms with E-state index in [4.69, 9.17) is 9.47 Å². The molecule has 1 aliphatic rings. The van der Waals surface area contributed by atoms with Crippen LogP contribution in [0.2, 0.25) is 0 Å². The normalized spacial score (nSPS) is 11.9. The zero-order chi connectivity index (χ0) is 19.5. The number of carbonyl (C=O) groups excluding carboxylic acids is 1. The minimum absolute atomic E-state index is 0.253. The van der Waals surface area contributed by atoms with Gasteiger partial charge in [-0.2, -0.15) is 0 Å². The molecular formula is C21H20N4O3. The zero-order valence-corrected chi connectivity index (χ0v) is 15.7. The predicted octanol–water partition coefficient (Wildman–Crippen LogP) is 3.69. The van der Waals surface area contributed by atoms with Gasteiger partial charge in [0.25, 0.3) is 5.91 Å². The fourth-order valence-corrected chi connectivity index (χ4v) is 2.81. The second kappa shape index (κ2) is 7.56. The molecule has 7 nitrogen and oxygen atoms in total. The van der Waals surface area contributed by atoms with Crippen LogP contribution in [0.4, 0.5) is 11.5 Å². The molecule has 0 fully saturated rings. The molecule has 28 heavy (non-hydrogen) atoms. The van der Waals surface area contributed by atoms with Gasteiger partial charge in [-0.1, -0.05) is 12.1 Å². The number of benzene rings is 2. The van der Waals surface area contributed by atoms with E-state index in [9.17, 15) is 4.79 Å².